The predicted molar refractivity (Wildman–Crippen MR) is 71.4 cm³/mol. The number of aromatic nitrogens is 1. The van der Waals surface area contributed by atoms with E-state index in [1.54, 1.807) is 19.5 Å². The van der Waals surface area contributed by atoms with Crippen LogP contribution in [0.4, 0.5) is 0 Å². The van der Waals surface area contributed by atoms with Crippen molar-refractivity contribution in [1.82, 2.24) is 4.98 Å². The highest BCUT2D eigenvalue weighted by atomic mass is 79.9. The number of ether oxygens (including phenoxy) is 2. The Kier molecular flexibility index (Phi) is 4.72. The lowest BCUT2D eigenvalue weighted by Gasteiger charge is -2.39. The van der Waals surface area contributed by atoms with Crippen molar-refractivity contribution in [3.05, 3.63) is 28.5 Å². The Morgan fingerprint density at radius 1 is 1.50 bits per heavy atom. The lowest BCUT2D eigenvalue weighted by molar-refractivity contribution is -0.151. The minimum absolute atomic E-state index is 0.486. The molecule has 2 rings (SSSR count). The van der Waals surface area contributed by atoms with Gasteiger partial charge >= 0.3 is 0 Å². The molecule has 2 heterocycles. The average Bonchev–Trinajstić information content (AvgIpc) is 2.39. The highest BCUT2D eigenvalue weighted by molar-refractivity contribution is 9.10. The molecule has 1 unspecified atom stereocenters. The third-order valence-corrected chi connectivity index (χ3v) is 3.98. The first-order valence-electron chi connectivity index (χ1n) is 6.07. The normalized spacial score (nSPS) is 20.6. The topological polar surface area (TPSA) is 51.6 Å². The zero-order valence-corrected chi connectivity index (χ0v) is 12.0. The van der Waals surface area contributed by atoms with E-state index < -0.39 is 11.7 Å². The summed E-state index contributed by atoms with van der Waals surface area (Å²) >= 11 is 3.38. The molecule has 4 nitrogen and oxygen atoms in total. The number of halogens is 1. The lowest BCUT2D eigenvalue weighted by Crippen LogP contribution is -2.49. The van der Waals surface area contributed by atoms with Crippen LogP contribution in [0.3, 0.4) is 0 Å². The molecular weight excluding hydrogens is 298 g/mol. The van der Waals surface area contributed by atoms with Crippen molar-refractivity contribution in [2.75, 3.05) is 20.3 Å². The zero-order chi connectivity index (χ0) is 13.0. The molecule has 0 saturated carbocycles. The molecule has 1 aromatic heterocycles. The quantitative estimate of drug-likeness (QED) is 0.922. The number of pyridine rings is 1. The molecule has 0 aliphatic carbocycles. The van der Waals surface area contributed by atoms with Crippen LogP contribution in [0.1, 0.15) is 18.4 Å². The van der Waals surface area contributed by atoms with Crippen LogP contribution in [-0.2, 0) is 15.9 Å². The van der Waals surface area contributed by atoms with Gasteiger partial charge in [-0.25, -0.2) is 0 Å². The Bertz CT molecular complexity index is 394. The number of aliphatic hydroxyl groups excluding tert-OH is 1. The van der Waals surface area contributed by atoms with Crippen LogP contribution >= 0.6 is 15.9 Å². The van der Waals surface area contributed by atoms with E-state index >= 15 is 0 Å². The van der Waals surface area contributed by atoms with E-state index in [4.69, 9.17) is 9.47 Å². The summed E-state index contributed by atoms with van der Waals surface area (Å²) in [7, 11) is 1.66. The highest BCUT2D eigenvalue weighted by Crippen LogP contribution is 2.30. The van der Waals surface area contributed by atoms with E-state index in [2.05, 4.69) is 20.9 Å². The van der Waals surface area contributed by atoms with Crippen LogP contribution in [0.25, 0.3) is 0 Å². The second-order valence-corrected chi connectivity index (χ2v) is 5.53. The molecule has 1 aromatic rings. The number of hydrogen-bond donors (Lipinski definition) is 1. The first kappa shape index (κ1) is 13.9. The van der Waals surface area contributed by atoms with Gasteiger partial charge in [0.05, 0.1) is 11.7 Å². The summed E-state index contributed by atoms with van der Waals surface area (Å²) in [6.45, 7) is 1.28. The van der Waals surface area contributed by atoms with Crippen molar-refractivity contribution < 1.29 is 14.6 Å². The second-order valence-electron chi connectivity index (χ2n) is 4.61. The summed E-state index contributed by atoms with van der Waals surface area (Å²) in [6, 6.07) is 1.97. The van der Waals surface area contributed by atoms with E-state index in [1.807, 2.05) is 6.07 Å². The fourth-order valence-corrected chi connectivity index (χ4v) is 2.78. The van der Waals surface area contributed by atoms with Gasteiger partial charge in [-0.2, -0.15) is 0 Å². The largest absolute Gasteiger partial charge is 0.390 e. The van der Waals surface area contributed by atoms with Gasteiger partial charge in [0, 0.05) is 56.5 Å². The van der Waals surface area contributed by atoms with E-state index in [-0.39, 0.29) is 0 Å². The summed E-state index contributed by atoms with van der Waals surface area (Å²) in [5.41, 5.74) is 0.514. The van der Waals surface area contributed by atoms with Gasteiger partial charge in [0.2, 0.25) is 0 Å². The van der Waals surface area contributed by atoms with E-state index in [1.165, 1.54) is 0 Å². The maximum atomic E-state index is 10.4. The number of methoxy groups -OCH3 is 1. The molecule has 0 amide bonds. The number of nitrogens with zero attached hydrogens (tertiary/aromatic N) is 1. The van der Waals surface area contributed by atoms with Gasteiger partial charge in [0.25, 0.3) is 0 Å². The molecule has 1 N–H and O–H groups in total. The third kappa shape index (κ3) is 3.09. The van der Waals surface area contributed by atoms with Crippen molar-refractivity contribution in [1.29, 1.82) is 0 Å². The highest BCUT2D eigenvalue weighted by Gasteiger charge is 2.39. The minimum Gasteiger partial charge on any atom is -0.390 e. The summed E-state index contributed by atoms with van der Waals surface area (Å²) in [4.78, 5) is 4.11. The van der Waals surface area contributed by atoms with Crippen molar-refractivity contribution in [2.24, 2.45) is 0 Å². The van der Waals surface area contributed by atoms with Crippen molar-refractivity contribution in [2.45, 2.75) is 31.0 Å². The van der Waals surface area contributed by atoms with Crippen LogP contribution in [0.5, 0.6) is 0 Å². The van der Waals surface area contributed by atoms with Gasteiger partial charge in [0.15, 0.2) is 0 Å². The average molecular weight is 316 g/mol. The van der Waals surface area contributed by atoms with Crippen molar-refractivity contribution >= 4 is 15.9 Å². The minimum atomic E-state index is -0.539. The Balaban J connectivity index is 2.07. The first-order chi connectivity index (χ1) is 8.66. The lowest BCUT2D eigenvalue weighted by atomic mass is 9.85. The third-order valence-electron chi connectivity index (χ3n) is 3.54. The number of rotatable bonds is 4. The molecule has 100 valence electrons. The molecule has 0 radical (unpaired) electrons. The van der Waals surface area contributed by atoms with E-state index in [0.29, 0.717) is 19.6 Å². The van der Waals surface area contributed by atoms with Crippen molar-refractivity contribution in [3.63, 3.8) is 0 Å². The molecule has 1 atom stereocenters. The van der Waals surface area contributed by atoms with Gasteiger partial charge in [-0.3, -0.25) is 4.98 Å². The Hall–Kier alpha value is -0.490. The van der Waals surface area contributed by atoms with Crippen molar-refractivity contribution in [3.8, 4) is 0 Å². The van der Waals surface area contributed by atoms with Crippen LogP contribution in [0.15, 0.2) is 22.9 Å². The molecule has 0 bridgehead atoms. The van der Waals surface area contributed by atoms with Gasteiger partial charge in [-0.15, -0.1) is 0 Å². The molecule has 1 aliphatic rings. The SMILES string of the molecule is COC1(C(O)Cc2cncc(Br)c2)CCOCC1. The van der Waals surface area contributed by atoms with Gasteiger partial charge < -0.3 is 14.6 Å². The molecule has 18 heavy (non-hydrogen) atoms. The second kappa shape index (κ2) is 6.10. The maximum Gasteiger partial charge on any atom is 0.0983 e. The molecule has 0 spiro atoms. The fraction of sp³-hybridized carbons (Fsp3) is 0.615. The smallest absolute Gasteiger partial charge is 0.0983 e. The summed E-state index contributed by atoms with van der Waals surface area (Å²) in [5, 5.41) is 10.4. The Morgan fingerprint density at radius 2 is 2.22 bits per heavy atom. The molecule has 0 aromatic carbocycles. The van der Waals surface area contributed by atoms with Crippen LogP contribution < -0.4 is 0 Å². The molecule has 1 aliphatic heterocycles. The zero-order valence-electron chi connectivity index (χ0n) is 10.4. The molecule has 5 heteroatoms. The maximum absolute atomic E-state index is 10.4. The van der Waals surface area contributed by atoms with E-state index in [9.17, 15) is 5.11 Å². The molecular formula is C13H18BrNO3. The van der Waals surface area contributed by atoms with Gasteiger partial charge in [0.1, 0.15) is 0 Å². The Morgan fingerprint density at radius 3 is 2.83 bits per heavy atom. The fourth-order valence-electron chi connectivity index (χ4n) is 2.37. The Labute approximate surface area is 115 Å². The molecule has 1 fully saturated rings. The van der Waals surface area contributed by atoms with Gasteiger partial charge in [-0.1, -0.05) is 0 Å². The molecule has 1 saturated heterocycles. The first-order valence-corrected chi connectivity index (χ1v) is 6.86. The van der Waals surface area contributed by atoms with E-state index in [0.717, 1.165) is 22.9 Å². The van der Waals surface area contributed by atoms with Crippen LogP contribution in [0, 0.1) is 0 Å². The number of hydrogen-bond acceptors (Lipinski definition) is 4. The standard InChI is InChI=1S/C13H18BrNO3/c1-17-13(2-4-18-5-3-13)12(16)7-10-6-11(14)9-15-8-10/h6,8-9,12,16H,2-5,7H2,1H3. The summed E-state index contributed by atoms with van der Waals surface area (Å²) in [5.74, 6) is 0. The van der Waals surface area contributed by atoms with Crippen LogP contribution in [0.2, 0.25) is 0 Å². The summed E-state index contributed by atoms with van der Waals surface area (Å²) < 4.78 is 11.8. The summed E-state index contributed by atoms with van der Waals surface area (Å²) in [6.07, 6.45) is 4.97. The number of aliphatic hydroxyl groups is 1. The van der Waals surface area contributed by atoms with Gasteiger partial charge in [-0.05, 0) is 27.6 Å². The predicted octanol–water partition coefficient (Wildman–Crippen LogP) is 1.94. The van der Waals surface area contributed by atoms with Crippen LogP contribution in [-0.4, -0.2) is 42.1 Å². The monoisotopic (exact) mass is 315 g/mol.